The highest BCUT2D eigenvalue weighted by atomic mass is 32.2. The molecule has 0 aromatic carbocycles. The number of carboxylic acid groups (broad SMARTS) is 3. The van der Waals surface area contributed by atoms with E-state index in [9.17, 15) is 29.1 Å². The van der Waals surface area contributed by atoms with Gasteiger partial charge in [0.2, 0.25) is 11.8 Å². The van der Waals surface area contributed by atoms with E-state index in [-0.39, 0.29) is 37.9 Å². The number of carbonyl (C=O) groups is 5. The molecule has 0 fully saturated rings. The molecular weight excluding hydrogens is 578 g/mol. The van der Waals surface area contributed by atoms with Gasteiger partial charge in [-0.2, -0.15) is 0 Å². The molecule has 0 spiro atoms. The molecule has 0 aromatic rings. The highest BCUT2D eigenvalue weighted by Crippen LogP contribution is 2.22. The summed E-state index contributed by atoms with van der Waals surface area (Å²) < 4.78 is 0. The van der Waals surface area contributed by atoms with Crippen LogP contribution in [0, 0.1) is 0 Å². The Labute approximate surface area is 258 Å². The van der Waals surface area contributed by atoms with E-state index in [0.717, 1.165) is 24.6 Å². The average Bonchev–Trinajstić information content (AvgIpc) is 2.95. The van der Waals surface area contributed by atoms with Crippen molar-refractivity contribution in [2.24, 2.45) is 5.73 Å². The minimum absolute atomic E-state index is 0.0466. The normalized spacial score (nSPS) is 14.5. The lowest BCUT2D eigenvalue weighted by atomic mass is 10.1. The van der Waals surface area contributed by atoms with Crippen molar-refractivity contribution in [2.75, 3.05) is 12.3 Å². The van der Waals surface area contributed by atoms with Crippen molar-refractivity contribution in [2.45, 2.75) is 107 Å². The maximum atomic E-state index is 12.6. The number of amides is 2. The van der Waals surface area contributed by atoms with Gasteiger partial charge in [-0.05, 0) is 32.1 Å². The molecule has 0 aliphatic rings. The number of unbranched alkanes of at least 4 members (excludes halogenated alkanes) is 6. The molecule has 0 radical (unpaired) electrons. The lowest BCUT2D eigenvalue weighted by molar-refractivity contribution is -0.139. The molecule has 0 bridgehead atoms. The summed E-state index contributed by atoms with van der Waals surface area (Å²) in [5.74, 6) is -4.98. The molecule has 0 rings (SSSR count). The summed E-state index contributed by atoms with van der Waals surface area (Å²) >= 11 is 1.14. The second-order valence-corrected chi connectivity index (χ2v) is 11.3. The van der Waals surface area contributed by atoms with Gasteiger partial charge in [-0.3, -0.25) is 24.0 Å². The fourth-order valence-electron chi connectivity index (χ4n) is 3.79. The number of aliphatic hydroxyl groups excluding tert-OH is 1. The fourth-order valence-corrected chi connectivity index (χ4v) is 5.00. The Kier molecular flexibility index (Phi) is 23.5. The van der Waals surface area contributed by atoms with E-state index < -0.39 is 59.7 Å². The number of nitrogens with one attached hydrogen (secondary N) is 2. The van der Waals surface area contributed by atoms with Gasteiger partial charge in [0, 0.05) is 23.8 Å². The van der Waals surface area contributed by atoms with Crippen LogP contribution in [0.2, 0.25) is 0 Å². The first-order chi connectivity index (χ1) is 20.5. The van der Waals surface area contributed by atoms with Gasteiger partial charge in [-0.15, -0.1) is 11.8 Å². The van der Waals surface area contributed by atoms with Crippen molar-refractivity contribution in [3.05, 3.63) is 36.5 Å². The Morgan fingerprint density at radius 1 is 0.837 bits per heavy atom. The first-order valence-corrected chi connectivity index (χ1v) is 15.8. The molecule has 4 atom stereocenters. The highest BCUT2D eigenvalue weighted by Gasteiger charge is 2.25. The quantitative estimate of drug-likeness (QED) is 0.0546. The van der Waals surface area contributed by atoms with E-state index in [2.05, 4.69) is 23.6 Å². The van der Waals surface area contributed by atoms with Crippen LogP contribution in [-0.2, 0) is 24.0 Å². The number of allylic oxidation sites excluding steroid dienone is 5. The van der Waals surface area contributed by atoms with Crippen LogP contribution in [0.4, 0.5) is 0 Å². The predicted octanol–water partition coefficient (Wildman–Crippen LogP) is 3.00. The lowest BCUT2D eigenvalue weighted by Gasteiger charge is -2.23. The third-order valence-electron chi connectivity index (χ3n) is 6.28. The molecule has 2 amide bonds. The summed E-state index contributed by atoms with van der Waals surface area (Å²) in [5.41, 5.74) is 5.44. The second kappa shape index (κ2) is 25.3. The number of aliphatic hydroxyl groups is 1. The molecular formula is C30H49N3O9S. The van der Waals surface area contributed by atoms with Gasteiger partial charge in [0.25, 0.3) is 0 Å². The molecule has 12 nitrogen and oxygen atoms in total. The number of hydrogen-bond donors (Lipinski definition) is 7. The van der Waals surface area contributed by atoms with Crippen LogP contribution in [0.25, 0.3) is 0 Å². The number of carboxylic acids is 3. The lowest BCUT2D eigenvalue weighted by Crippen LogP contribution is -2.50. The fraction of sp³-hybridized carbons (Fsp3) is 0.633. The van der Waals surface area contributed by atoms with Crippen LogP contribution in [-0.4, -0.2) is 85.9 Å². The van der Waals surface area contributed by atoms with Gasteiger partial charge in [0.15, 0.2) is 0 Å². The first kappa shape index (κ1) is 39.8. The molecule has 43 heavy (non-hydrogen) atoms. The van der Waals surface area contributed by atoms with Crippen LogP contribution in [0.3, 0.4) is 0 Å². The molecule has 0 heterocycles. The summed E-state index contributed by atoms with van der Waals surface area (Å²) in [6, 6.07) is -2.44. The molecule has 13 heteroatoms. The SMILES string of the molecule is CCCCCCCC/C=C/C=C/C=C/C(SC[C@H](NC(=O)CC[C@H](N)C(=O)O)C(=O)NCC(=O)O)[C@@H](O)CCCC(=O)O. The van der Waals surface area contributed by atoms with Gasteiger partial charge in [-0.1, -0.05) is 75.5 Å². The van der Waals surface area contributed by atoms with Crippen molar-refractivity contribution in [1.29, 1.82) is 0 Å². The molecule has 0 aromatic heterocycles. The number of hydrogen-bond acceptors (Lipinski definition) is 8. The van der Waals surface area contributed by atoms with Crippen molar-refractivity contribution >= 4 is 41.5 Å². The Bertz CT molecular complexity index is 940. The molecule has 0 saturated heterocycles. The first-order valence-electron chi connectivity index (χ1n) is 14.8. The van der Waals surface area contributed by atoms with E-state index in [1.165, 1.54) is 32.1 Å². The summed E-state index contributed by atoms with van der Waals surface area (Å²) in [6.07, 6.45) is 18.4. The zero-order chi connectivity index (χ0) is 32.5. The Morgan fingerprint density at radius 3 is 2.16 bits per heavy atom. The molecule has 0 saturated carbocycles. The third-order valence-corrected chi connectivity index (χ3v) is 7.67. The molecule has 0 aliphatic heterocycles. The van der Waals surface area contributed by atoms with Crippen LogP contribution in [0.15, 0.2) is 36.5 Å². The molecule has 0 aliphatic carbocycles. The van der Waals surface area contributed by atoms with Crippen molar-refractivity contribution in [3.63, 3.8) is 0 Å². The summed E-state index contributed by atoms with van der Waals surface area (Å²) in [7, 11) is 0. The number of aliphatic carboxylic acids is 3. The van der Waals surface area contributed by atoms with Gasteiger partial charge < -0.3 is 36.8 Å². The Morgan fingerprint density at radius 2 is 1.51 bits per heavy atom. The Balaban J connectivity index is 5.31. The maximum absolute atomic E-state index is 12.6. The predicted molar refractivity (Wildman–Crippen MR) is 167 cm³/mol. The number of rotatable bonds is 26. The summed E-state index contributed by atoms with van der Waals surface area (Å²) in [6.45, 7) is 1.52. The summed E-state index contributed by atoms with van der Waals surface area (Å²) in [4.78, 5) is 57.8. The monoisotopic (exact) mass is 627 g/mol. The molecule has 244 valence electrons. The van der Waals surface area contributed by atoms with Gasteiger partial charge in [-0.25, -0.2) is 0 Å². The minimum atomic E-state index is -1.28. The van der Waals surface area contributed by atoms with Gasteiger partial charge in [0.1, 0.15) is 18.6 Å². The van der Waals surface area contributed by atoms with Crippen LogP contribution in [0.1, 0.15) is 84.0 Å². The minimum Gasteiger partial charge on any atom is -0.481 e. The van der Waals surface area contributed by atoms with E-state index in [4.69, 9.17) is 21.1 Å². The van der Waals surface area contributed by atoms with E-state index in [0.29, 0.717) is 0 Å². The van der Waals surface area contributed by atoms with E-state index in [1.54, 1.807) is 18.2 Å². The third kappa shape index (κ3) is 23.0. The van der Waals surface area contributed by atoms with Crippen molar-refractivity contribution < 1.29 is 44.4 Å². The Hall–Kier alpha value is -3.16. The highest BCUT2D eigenvalue weighted by molar-refractivity contribution is 8.00. The smallest absolute Gasteiger partial charge is 0.322 e. The van der Waals surface area contributed by atoms with Crippen LogP contribution in [0.5, 0.6) is 0 Å². The number of nitrogens with two attached hydrogens (primary N) is 1. The standard InChI is InChI=1S/C30H49N3O9S/c1-2-3-4-5-6-7-8-9-10-11-12-13-16-25(24(34)15-14-17-27(36)37)43-21-23(29(40)32-20-28(38)39)33-26(35)19-18-22(31)30(41)42/h9-13,16,22-25,34H,2-8,14-15,17-21,31H2,1H3,(H,32,40)(H,33,35)(H,36,37)(H,38,39)(H,41,42)/b10-9+,12-11+,16-13+/t22-,23-,24-,25?/m0/s1. The zero-order valence-electron chi connectivity index (χ0n) is 25.0. The van der Waals surface area contributed by atoms with Gasteiger partial charge in [0.05, 0.1) is 6.10 Å². The van der Waals surface area contributed by atoms with E-state index in [1.807, 2.05) is 12.2 Å². The van der Waals surface area contributed by atoms with E-state index >= 15 is 0 Å². The van der Waals surface area contributed by atoms with Crippen molar-refractivity contribution in [1.82, 2.24) is 10.6 Å². The average molecular weight is 628 g/mol. The maximum Gasteiger partial charge on any atom is 0.322 e. The van der Waals surface area contributed by atoms with Crippen LogP contribution >= 0.6 is 11.8 Å². The number of thioether (sulfide) groups is 1. The second-order valence-electron chi connectivity index (χ2n) is 10.1. The topological polar surface area (TPSA) is 216 Å². The van der Waals surface area contributed by atoms with Crippen LogP contribution < -0.4 is 16.4 Å². The summed E-state index contributed by atoms with van der Waals surface area (Å²) in [5, 5.41) is 41.6. The molecule has 1 unspecified atom stereocenters. The van der Waals surface area contributed by atoms with Crippen molar-refractivity contribution in [3.8, 4) is 0 Å². The zero-order valence-corrected chi connectivity index (χ0v) is 25.8. The van der Waals surface area contributed by atoms with Gasteiger partial charge >= 0.3 is 17.9 Å². The number of carbonyl (C=O) groups excluding carboxylic acids is 2. The largest absolute Gasteiger partial charge is 0.481 e. The molecule has 8 N–H and O–H groups in total.